The van der Waals surface area contributed by atoms with Gasteiger partial charge in [0.25, 0.3) is 0 Å². The number of nitrogens with one attached hydrogen (secondary N) is 1. The Kier molecular flexibility index (Phi) is 5.23. The summed E-state index contributed by atoms with van der Waals surface area (Å²) in [6.45, 7) is 3.68. The maximum atomic E-state index is 12.5. The number of sulfonamides is 1. The van der Waals surface area contributed by atoms with E-state index in [0.29, 0.717) is 12.2 Å². The summed E-state index contributed by atoms with van der Waals surface area (Å²) in [5.41, 5.74) is 0.347. The van der Waals surface area contributed by atoms with Crippen molar-refractivity contribution in [3.63, 3.8) is 0 Å². The molecule has 0 radical (unpaired) electrons. The van der Waals surface area contributed by atoms with E-state index in [0.717, 1.165) is 25.7 Å². The van der Waals surface area contributed by atoms with Crippen LogP contribution in [-0.4, -0.2) is 43.9 Å². The second-order valence-electron chi connectivity index (χ2n) is 5.75. The molecular formula is C14H23N3O4S. The molecule has 0 aromatic carbocycles. The van der Waals surface area contributed by atoms with Gasteiger partial charge >= 0.3 is 0 Å². The molecule has 0 unspecified atom stereocenters. The topological polar surface area (TPSA) is 92.5 Å². The smallest absolute Gasteiger partial charge is 0.248 e. The number of aryl methyl sites for hydroxylation is 2. The van der Waals surface area contributed by atoms with E-state index in [-0.39, 0.29) is 29.0 Å². The minimum atomic E-state index is -3.65. The average molecular weight is 329 g/mol. The number of aromatic nitrogens is 1. The molecule has 1 heterocycles. The van der Waals surface area contributed by atoms with Crippen LogP contribution >= 0.6 is 0 Å². The number of hydrogen-bond acceptors (Lipinski definition) is 5. The zero-order chi connectivity index (χ0) is 16.3. The molecule has 1 aliphatic rings. The third-order valence-corrected chi connectivity index (χ3v) is 6.19. The van der Waals surface area contributed by atoms with E-state index in [9.17, 15) is 13.2 Å². The van der Waals surface area contributed by atoms with Gasteiger partial charge in [0.15, 0.2) is 5.76 Å². The molecule has 22 heavy (non-hydrogen) atoms. The van der Waals surface area contributed by atoms with E-state index in [2.05, 4.69) is 10.5 Å². The fourth-order valence-corrected chi connectivity index (χ4v) is 4.24. The summed E-state index contributed by atoms with van der Waals surface area (Å²) in [5, 5.41) is 6.49. The highest BCUT2D eigenvalue weighted by atomic mass is 32.2. The lowest BCUT2D eigenvalue weighted by Crippen LogP contribution is -2.38. The van der Waals surface area contributed by atoms with Crippen molar-refractivity contribution in [3.8, 4) is 0 Å². The van der Waals surface area contributed by atoms with Gasteiger partial charge < -0.3 is 9.84 Å². The standard InChI is InChI=1S/C14H23N3O4S/c1-10-13(11(2)21-16-10)22(19,20)17(3)9-8-15-14(18)12-6-4-5-7-12/h12H,4-9H2,1-3H3,(H,15,18). The molecule has 0 atom stereocenters. The van der Waals surface area contributed by atoms with Crippen LogP contribution in [-0.2, 0) is 14.8 Å². The van der Waals surface area contributed by atoms with E-state index in [1.54, 1.807) is 13.8 Å². The van der Waals surface area contributed by atoms with Gasteiger partial charge in [-0.3, -0.25) is 4.79 Å². The Morgan fingerprint density at radius 3 is 2.55 bits per heavy atom. The molecule has 0 spiro atoms. The Morgan fingerprint density at radius 1 is 1.36 bits per heavy atom. The number of rotatable bonds is 6. The number of carbonyl (C=O) groups excluding carboxylic acids is 1. The molecule has 8 heteroatoms. The molecule has 0 aliphatic heterocycles. The fraction of sp³-hybridized carbons (Fsp3) is 0.714. The predicted molar refractivity (Wildman–Crippen MR) is 80.8 cm³/mol. The van der Waals surface area contributed by atoms with Crippen molar-refractivity contribution in [1.29, 1.82) is 0 Å². The van der Waals surface area contributed by atoms with Gasteiger partial charge in [-0.2, -0.15) is 4.31 Å². The summed E-state index contributed by atoms with van der Waals surface area (Å²) in [5.74, 6) is 0.393. The van der Waals surface area contributed by atoms with Crippen molar-refractivity contribution in [3.05, 3.63) is 11.5 Å². The van der Waals surface area contributed by atoms with E-state index in [4.69, 9.17) is 4.52 Å². The quantitative estimate of drug-likeness (QED) is 0.847. The lowest BCUT2D eigenvalue weighted by atomic mass is 10.1. The number of amides is 1. The van der Waals surface area contributed by atoms with Gasteiger partial charge in [0, 0.05) is 26.1 Å². The van der Waals surface area contributed by atoms with Crippen LogP contribution in [0.2, 0.25) is 0 Å². The first kappa shape index (κ1) is 17.0. The van der Waals surface area contributed by atoms with Gasteiger partial charge in [-0.1, -0.05) is 18.0 Å². The van der Waals surface area contributed by atoms with Crippen LogP contribution in [0.4, 0.5) is 0 Å². The molecule has 1 aliphatic carbocycles. The lowest BCUT2D eigenvalue weighted by molar-refractivity contribution is -0.124. The molecule has 1 aromatic heterocycles. The van der Waals surface area contributed by atoms with Crippen LogP contribution in [0.15, 0.2) is 9.42 Å². The number of hydrogen-bond donors (Lipinski definition) is 1. The highest BCUT2D eigenvalue weighted by Gasteiger charge is 2.28. The first-order valence-electron chi connectivity index (χ1n) is 7.51. The van der Waals surface area contributed by atoms with Gasteiger partial charge in [0.1, 0.15) is 10.6 Å². The predicted octanol–water partition coefficient (Wildman–Crippen LogP) is 1.22. The Labute approximate surface area is 131 Å². The Hall–Kier alpha value is -1.41. The minimum absolute atomic E-state index is 0.0284. The van der Waals surface area contributed by atoms with Crippen molar-refractivity contribution >= 4 is 15.9 Å². The average Bonchev–Trinajstić information content (AvgIpc) is 3.08. The number of carbonyl (C=O) groups is 1. The highest BCUT2D eigenvalue weighted by molar-refractivity contribution is 7.89. The molecule has 1 N–H and O–H groups in total. The van der Waals surface area contributed by atoms with E-state index < -0.39 is 10.0 Å². The van der Waals surface area contributed by atoms with Gasteiger partial charge in [0.2, 0.25) is 15.9 Å². The third kappa shape index (κ3) is 3.49. The van der Waals surface area contributed by atoms with Crippen molar-refractivity contribution in [1.82, 2.24) is 14.8 Å². The molecule has 1 fully saturated rings. The van der Waals surface area contributed by atoms with Crippen LogP contribution in [0.5, 0.6) is 0 Å². The van der Waals surface area contributed by atoms with Gasteiger partial charge in [-0.25, -0.2) is 8.42 Å². The first-order valence-corrected chi connectivity index (χ1v) is 8.95. The molecule has 1 amide bonds. The van der Waals surface area contributed by atoms with Crippen molar-refractivity contribution < 1.29 is 17.7 Å². The monoisotopic (exact) mass is 329 g/mol. The second kappa shape index (κ2) is 6.78. The normalized spacial score (nSPS) is 16.4. The summed E-state index contributed by atoms with van der Waals surface area (Å²) in [7, 11) is -2.16. The van der Waals surface area contributed by atoms with Crippen LogP contribution < -0.4 is 5.32 Å². The summed E-state index contributed by atoms with van der Waals surface area (Å²) < 4.78 is 31.1. The number of nitrogens with zero attached hydrogens (tertiary/aromatic N) is 2. The van der Waals surface area contributed by atoms with Gasteiger partial charge in [-0.15, -0.1) is 0 Å². The Balaban J connectivity index is 1.91. The SMILES string of the molecule is Cc1noc(C)c1S(=O)(=O)N(C)CCNC(=O)C1CCCC1. The van der Waals surface area contributed by atoms with Crippen LogP contribution in [0.3, 0.4) is 0 Å². The van der Waals surface area contributed by atoms with E-state index in [1.165, 1.54) is 11.4 Å². The van der Waals surface area contributed by atoms with Crippen molar-refractivity contribution in [2.75, 3.05) is 20.1 Å². The molecular weight excluding hydrogens is 306 g/mol. The second-order valence-corrected chi connectivity index (χ2v) is 7.73. The molecule has 124 valence electrons. The van der Waals surface area contributed by atoms with Crippen LogP contribution in [0, 0.1) is 19.8 Å². The summed E-state index contributed by atoms with van der Waals surface area (Å²) in [6.07, 6.45) is 4.05. The maximum Gasteiger partial charge on any atom is 0.248 e. The Morgan fingerprint density at radius 2 is 2.00 bits per heavy atom. The maximum absolute atomic E-state index is 12.5. The third-order valence-electron chi connectivity index (χ3n) is 4.09. The molecule has 7 nitrogen and oxygen atoms in total. The molecule has 1 aromatic rings. The summed E-state index contributed by atoms with van der Waals surface area (Å²) in [6, 6.07) is 0. The fourth-order valence-electron chi connectivity index (χ4n) is 2.79. The van der Waals surface area contributed by atoms with Gasteiger partial charge in [0.05, 0.1) is 0 Å². The highest BCUT2D eigenvalue weighted by Crippen LogP contribution is 2.24. The van der Waals surface area contributed by atoms with Crippen molar-refractivity contribution in [2.45, 2.75) is 44.4 Å². The molecule has 0 bridgehead atoms. The zero-order valence-electron chi connectivity index (χ0n) is 13.3. The summed E-state index contributed by atoms with van der Waals surface area (Å²) >= 11 is 0. The molecule has 1 saturated carbocycles. The summed E-state index contributed by atoms with van der Waals surface area (Å²) in [4.78, 5) is 12.0. The van der Waals surface area contributed by atoms with Crippen molar-refractivity contribution in [2.24, 2.45) is 5.92 Å². The number of likely N-dealkylation sites (N-methyl/N-ethyl adjacent to an activating group) is 1. The first-order chi connectivity index (χ1) is 10.3. The van der Waals surface area contributed by atoms with E-state index in [1.807, 2.05) is 0 Å². The molecule has 0 saturated heterocycles. The minimum Gasteiger partial charge on any atom is -0.360 e. The molecule has 2 rings (SSSR count). The lowest BCUT2D eigenvalue weighted by Gasteiger charge is -2.18. The Bertz CT molecular complexity index is 613. The van der Waals surface area contributed by atoms with Crippen LogP contribution in [0.25, 0.3) is 0 Å². The van der Waals surface area contributed by atoms with Gasteiger partial charge in [-0.05, 0) is 26.7 Å². The van der Waals surface area contributed by atoms with E-state index >= 15 is 0 Å². The van der Waals surface area contributed by atoms with Crippen LogP contribution in [0.1, 0.15) is 37.1 Å². The largest absolute Gasteiger partial charge is 0.360 e. The zero-order valence-corrected chi connectivity index (χ0v) is 14.1.